The quantitative estimate of drug-likeness (QED) is 0.900. The fourth-order valence-corrected chi connectivity index (χ4v) is 2.29. The van der Waals surface area contributed by atoms with Crippen molar-refractivity contribution >= 4 is 15.9 Å². The molecule has 0 aliphatic heterocycles. The highest BCUT2D eigenvalue weighted by molar-refractivity contribution is 9.10. The number of likely N-dealkylation sites (N-methyl/N-ethyl adjacent to an activating group) is 1. The summed E-state index contributed by atoms with van der Waals surface area (Å²) in [6, 6.07) is 6.81. The number of halogens is 1. The molecule has 0 saturated carbocycles. The van der Waals surface area contributed by atoms with E-state index in [0.717, 1.165) is 17.4 Å². The Hall–Kier alpha value is -0.380. The number of hydrogen-bond acceptors (Lipinski definition) is 2. The van der Waals surface area contributed by atoms with Gasteiger partial charge in [0.2, 0.25) is 0 Å². The minimum absolute atomic E-state index is 0.317. The predicted octanol–water partition coefficient (Wildman–Crippen LogP) is 3.10. The summed E-state index contributed by atoms with van der Waals surface area (Å²) in [4.78, 5) is 2.32. The Balaban J connectivity index is 2.90. The Labute approximate surface area is 107 Å². The summed E-state index contributed by atoms with van der Waals surface area (Å²) >= 11 is 3.57. The van der Waals surface area contributed by atoms with Crippen LogP contribution >= 0.6 is 15.9 Å². The third-order valence-corrected chi connectivity index (χ3v) is 3.77. The van der Waals surface area contributed by atoms with Crippen molar-refractivity contribution in [3.05, 3.63) is 33.8 Å². The topological polar surface area (TPSA) is 29.3 Å². The van der Waals surface area contributed by atoms with E-state index >= 15 is 0 Å². The molecule has 0 spiro atoms. The van der Waals surface area contributed by atoms with Crippen LogP contribution in [0.3, 0.4) is 0 Å². The normalized spacial score (nSPS) is 13.1. The summed E-state index contributed by atoms with van der Waals surface area (Å²) in [6.45, 7) is 6.02. The van der Waals surface area contributed by atoms with E-state index in [1.165, 1.54) is 11.1 Å². The van der Waals surface area contributed by atoms with Gasteiger partial charge in [0.15, 0.2) is 0 Å². The second-order valence-corrected chi connectivity index (χ2v) is 5.10. The standard InChI is InChI=1S/C13H21BrN2/c1-4-7-16(3)13(9-15)11-6-5-10(2)12(14)8-11/h5-6,8,13H,4,7,9,15H2,1-3H3. The number of rotatable bonds is 5. The monoisotopic (exact) mass is 284 g/mol. The molecular weight excluding hydrogens is 264 g/mol. The lowest BCUT2D eigenvalue weighted by molar-refractivity contribution is 0.250. The zero-order valence-corrected chi connectivity index (χ0v) is 11.9. The third-order valence-electron chi connectivity index (χ3n) is 2.91. The van der Waals surface area contributed by atoms with Crippen LogP contribution in [0.1, 0.15) is 30.5 Å². The van der Waals surface area contributed by atoms with E-state index in [9.17, 15) is 0 Å². The molecule has 2 N–H and O–H groups in total. The number of hydrogen-bond donors (Lipinski definition) is 1. The zero-order chi connectivity index (χ0) is 12.1. The molecule has 16 heavy (non-hydrogen) atoms. The molecule has 0 aliphatic rings. The predicted molar refractivity (Wildman–Crippen MR) is 73.6 cm³/mol. The van der Waals surface area contributed by atoms with Crippen LogP contribution in [0.25, 0.3) is 0 Å². The van der Waals surface area contributed by atoms with Crippen molar-refractivity contribution < 1.29 is 0 Å². The molecule has 0 radical (unpaired) electrons. The second kappa shape index (κ2) is 6.38. The number of nitrogens with two attached hydrogens (primary N) is 1. The largest absolute Gasteiger partial charge is 0.329 e. The molecule has 1 aromatic carbocycles. The van der Waals surface area contributed by atoms with Gasteiger partial charge in [-0.25, -0.2) is 0 Å². The van der Waals surface area contributed by atoms with E-state index in [1.807, 2.05) is 0 Å². The Kier molecular flexibility index (Phi) is 5.46. The molecule has 1 rings (SSSR count). The lowest BCUT2D eigenvalue weighted by Gasteiger charge is -2.27. The summed E-state index contributed by atoms with van der Waals surface area (Å²) in [5.74, 6) is 0. The van der Waals surface area contributed by atoms with Crippen molar-refractivity contribution in [1.82, 2.24) is 4.90 Å². The highest BCUT2D eigenvalue weighted by atomic mass is 79.9. The molecule has 1 unspecified atom stereocenters. The molecule has 0 amide bonds. The zero-order valence-electron chi connectivity index (χ0n) is 10.3. The van der Waals surface area contributed by atoms with Crippen molar-refractivity contribution in [2.45, 2.75) is 26.3 Å². The molecule has 0 aromatic heterocycles. The van der Waals surface area contributed by atoms with Crippen LogP contribution in [0.15, 0.2) is 22.7 Å². The summed E-state index contributed by atoms with van der Waals surface area (Å²) in [6.07, 6.45) is 1.15. The van der Waals surface area contributed by atoms with Crippen molar-refractivity contribution in [1.29, 1.82) is 0 Å². The van der Waals surface area contributed by atoms with Gasteiger partial charge in [-0.3, -0.25) is 4.90 Å². The average Bonchev–Trinajstić information content (AvgIpc) is 2.25. The molecule has 0 aliphatic carbocycles. The smallest absolute Gasteiger partial charge is 0.0467 e. The number of aryl methyl sites for hydroxylation is 1. The molecule has 0 saturated heterocycles. The SMILES string of the molecule is CCCN(C)C(CN)c1ccc(C)c(Br)c1. The Morgan fingerprint density at radius 1 is 1.44 bits per heavy atom. The van der Waals surface area contributed by atoms with E-state index in [4.69, 9.17) is 5.73 Å². The first kappa shape index (κ1) is 13.7. The van der Waals surface area contributed by atoms with E-state index in [-0.39, 0.29) is 0 Å². The minimum atomic E-state index is 0.317. The Bertz CT molecular complexity index is 339. The van der Waals surface area contributed by atoms with Gasteiger partial charge in [0.05, 0.1) is 0 Å². The lowest BCUT2D eigenvalue weighted by atomic mass is 10.0. The molecular formula is C13H21BrN2. The molecule has 0 bridgehead atoms. The first-order chi connectivity index (χ1) is 7.60. The summed E-state index contributed by atoms with van der Waals surface area (Å²) < 4.78 is 1.16. The van der Waals surface area contributed by atoms with E-state index < -0.39 is 0 Å². The van der Waals surface area contributed by atoms with Gasteiger partial charge >= 0.3 is 0 Å². The molecule has 1 atom stereocenters. The van der Waals surface area contributed by atoms with Gasteiger partial charge in [0.25, 0.3) is 0 Å². The van der Waals surface area contributed by atoms with Gasteiger partial charge < -0.3 is 5.73 Å². The van der Waals surface area contributed by atoms with Gasteiger partial charge in [-0.15, -0.1) is 0 Å². The van der Waals surface area contributed by atoms with Crippen molar-refractivity contribution in [2.24, 2.45) is 5.73 Å². The van der Waals surface area contributed by atoms with E-state index in [1.54, 1.807) is 0 Å². The van der Waals surface area contributed by atoms with Crippen LogP contribution in [0, 0.1) is 6.92 Å². The van der Waals surface area contributed by atoms with Gasteiger partial charge in [-0.2, -0.15) is 0 Å². The van der Waals surface area contributed by atoms with Crippen LogP contribution in [-0.2, 0) is 0 Å². The summed E-state index contributed by atoms with van der Waals surface area (Å²) in [7, 11) is 2.13. The Morgan fingerprint density at radius 2 is 2.12 bits per heavy atom. The maximum Gasteiger partial charge on any atom is 0.0467 e. The second-order valence-electron chi connectivity index (χ2n) is 4.24. The van der Waals surface area contributed by atoms with Gasteiger partial charge in [-0.1, -0.05) is 35.0 Å². The van der Waals surface area contributed by atoms with Crippen LogP contribution in [-0.4, -0.2) is 25.0 Å². The van der Waals surface area contributed by atoms with Crippen LogP contribution in [0.5, 0.6) is 0 Å². The first-order valence-corrected chi connectivity index (χ1v) is 6.55. The number of nitrogens with zero attached hydrogens (tertiary/aromatic N) is 1. The fourth-order valence-electron chi connectivity index (χ4n) is 1.90. The first-order valence-electron chi connectivity index (χ1n) is 5.76. The number of benzene rings is 1. The van der Waals surface area contributed by atoms with Crippen molar-refractivity contribution in [3.8, 4) is 0 Å². The van der Waals surface area contributed by atoms with E-state index in [2.05, 4.69) is 59.9 Å². The highest BCUT2D eigenvalue weighted by Gasteiger charge is 2.15. The maximum atomic E-state index is 5.87. The molecule has 0 fully saturated rings. The minimum Gasteiger partial charge on any atom is -0.329 e. The van der Waals surface area contributed by atoms with Crippen LogP contribution in [0.2, 0.25) is 0 Å². The highest BCUT2D eigenvalue weighted by Crippen LogP contribution is 2.24. The summed E-state index contributed by atoms with van der Waals surface area (Å²) in [5, 5.41) is 0. The molecule has 3 heteroatoms. The van der Waals surface area contributed by atoms with E-state index in [0.29, 0.717) is 12.6 Å². The molecule has 2 nitrogen and oxygen atoms in total. The molecule has 90 valence electrons. The maximum absolute atomic E-state index is 5.87. The average molecular weight is 285 g/mol. The van der Waals surface area contributed by atoms with Gasteiger partial charge in [0, 0.05) is 17.1 Å². The molecule has 1 aromatic rings. The Morgan fingerprint density at radius 3 is 2.62 bits per heavy atom. The van der Waals surface area contributed by atoms with Crippen molar-refractivity contribution in [2.75, 3.05) is 20.1 Å². The van der Waals surface area contributed by atoms with Gasteiger partial charge in [0.1, 0.15) is 0 Å². The third kappa shape index (κ3) is 3.30. The van der Waals surface area contributed by atoms with Crippen molar-refractivity contribution in [3.63, 3.8) is 0 Å². The fraction of sp³-hybridized carbons (Fsp3) is 0.538. The van der Waals surface area contributed by atoms with Crippen LogP contribution < -0.4 is 5.73 Å². The molecule has 0 heterocycles. The van der Waals surface area contributed by atoms with Crippen LogP contribution in [0.4, 0.5) is 0 Å². The summed E-state index contributed by atoms with van der Waals surface area (Å²) in [5.41, 5.74) is 8.42. The van der Waals surface area contributed by atoms with Gasteiger partial charge in [-0.05, 0) is 44.1 Å². The lowest BCUT2D eigenvalue weighted by Crippen LogP contribution is -2.31.